The molecule has 0 amide bonds. The van der Waals surface area contributed by atoms with E-state index in [1.807, 2.05) is 24.3 Å². The fourth-order valence-corrected chi connectivity index (χ4v) is 3.49. The van der Waals surface area contributed by atoms with Crippen molar-refractivity contribution < 1.29 is 14.6 Å². The van der Waals surface area contributed by atoms with Gasteiger partial charge < -0.3 is 14.4 Å². The number of carbonyl (C=O) groups excluding carboxylic acids is 1. The molecule has 3 rings (SSSR count). The highest BCUT2D eigenvalue weighted by atomic mass is 32.1. The summed E-state index contributed by atoms with van der Waals surface area (Å²) >= 11 is 1.09. The number of ether oxygens (including phenoxy) is 1. The number of pyridine rings is 1. The average molecular weight is 303 g/mol. The second-order valence-corrected chi connectivity index (χ2v) is 5.61. The number of rotatable bonds is 2. The number of carbonyl (C=O) groups is 1. The highest BCUT2D eigenvalue weighted by Gasteiger charge is 2.23. The maximum absolute atomic E-state index is 12.4. The van der Waals surface area contributed by atoms with Gasteiger partial charge in [-0.05, 0) is 13.0 Å². The summed E-state index contributed by atoms with van der Waals surface area (Å²) in [5.41, 5.74) is 0.430. The van der Waals surface area contributed by atoms with Crippen LogP contribution in [0.5, 0.6) is 5.75 Å². The molecule has 108 valence electrons. The SMILES string of the molecule is CCOC(=O)c1sc2c(c1O)c(=O)n(C)c1ccccc21. The standard InChI is InChI=1S/C15H13NO4S/c1-3-20-15(19)13-11(17)10-12(21-13)8-6-4-5-7-9(8)16(2)14(10)18/h4-7,17H,3H2,1-2H3. The lowest BCUT2D eigenvalue weighted by molar-refractivity contribution is 0.0529. The number of aromatic hydroxyl groups is 1. The number of hydrogen-bond donors (Lipinski definition) is 1. The van der Waals surface area contributed by atoms with Crippen molar-refractivity contribution in [2.75, 3.05) is 6.61 Å². The third-order valence-corrected chi connectivity index (χ3v) is 4.56. The van der Waals surface area contributed by atoms with E-state index in [-0.39, 0.29) is 28.2 Å². The van der Waals surface area contributed by atoms with Crippen LogP contribution in [-0.4, -0.2) is 22.2 Å². The summed E-state index contributed by atoms with van der Waals surface area (Å²) in [5, 5.41) is 11.2. The van der Waals surface area contributed by atoms with E-state index < -0.39 is 5.97 Å². The smallest absolute Gasteiger partial charge is 0.352 e. The van der Waals surface area contributed by atoms with Crippen molar-refractivity contribution in [2.45, 2.75) is 6.92 Å². The van der Waals surface area contributed by atoms with Crippen LogP contribution in [0, 0.1) is 0 Å². The molecule has 21 heavy (non-hydrogen) atoms. The third-order valence-electron chi connectivity index (χ3n) is 3.37. The molecule has 0 fully saturated rings. The van der Waals surface area contributed by atoms with Crippen molar-refractivity contribution >= 4 is 38.3 Å². The van der Waals surface area contributed by atoms with Crippen molar-refractivity contribution in [1.29, 1.82) is 0 Å². The van der Waals surface area contributed by atoms with Crippen molar-refractivity contribution in [2.24, 2.45) is 7.05 Å². The first kappa shape index (κ1) is 13.6. The highest BCUT2D eigenvalue weighted by molar-refractivity contribution is 7.22. The maximum atomic E-state index is 12.4. The Labute approximate surface area is 124 Å². The molecule has 2 aromatic heterocycles. The van der Waals surface area contributed by atoms with Gasteiger partial charge in [-0.25, -0.2) is 4.79 Å². The molecule has 0 atom stereocenters. The molecule has 2 heterocycles. The zero-order valence-electron chi connectivity index (χ0n) is 11.5. The lowest BCUT2D eigenvalue weighted by Gasteiger charge is -2.05. The average Bonchev–Trinajstić information content (AvgIpc) is 2.83. The minimum Gasteiger partial charge on any atom is -0.505 e. The summed E-state index contributed by atoms with van der Waals surface area (Å²) in [6.45, 7) is 1.90. The Morgan fingerprint density at radius 1 is 1.38 bits per heavy atom. The molecular weight excluding hydrogens is 290 g/mol. The first-order chi connectivity index (χ1) is 10.1. The number of para-hydroxylation sites is 1. The Morgan fingerprint density at radius 2 is 2.10 bits per heavy atom. The molecule has 0 saturated carbocycles. The Morgan fingerprint density at radius 3 is 2.81 bits per heavy atom. The minimum absolute atomic E-state index is 0.0697. The first-order valence-electron chi connectivity index (χ1n) is 6.46. The molecule has 0 bridgehead atoms. The van der Waals surface area contributed by atoms with Gasteiger partial charge >= 0.3 is 5.97 Å². The summed E-state index contributed by atoms with van der Waals surface area (Å²) < 4.78 is 7.00. The van der Waals surface area contributed by atoms with Crippen LogP contribution < -0.4 is 5.56 Å². The van der Waals surface area contributed by atoms with E-state index in [1.54, 1.807) is 14.0 Å². The molecule has 0 aliphatic carbocycles. The molecule has 0 aliphatic heterocycles. The van der Waals surface area contributed by atoms with Gasteiger partial charge in [-0.3, -0.25) is 4.79 Å². The van der Waals surface area contributed by atoms with Crippen LogP contribution in [-0.2, 0) is 11.8 Å². The summed E-state index contributed by atoms with van der Waals surface area (Å²) in [5.74, 6) is -0.901. The second kappa shape index (κ2) is 4.89. The van der Waals surface area contributed by atoms with Gasteiger partial charge in [0.2, 0.25) is 0 Å². The van der Waals surface area contributed by atoms with Crippen molar-refractivity contribution in [1.82, 2.24) is 4.57 Å². The van der Waals surface area contributed by atoms with Gasteiger partial charge in [0.1, 0.15) is 5.39 Å². The van der Waals surface area contributed by atoms with Gasteiger partial charge in [0.05, 0.1) is 16.8 Å². The number of hydrogen-bond acceptors (Lipinski definition) is 5. The Hall–Kier alpha value is -2.34. The normalized spacial score (nSPS) is 11.1. The van der Waals surface area contributed by atoms with Crippen LogP contribution in [0.3, 0.4) is 0 Å². The van der Waals surface area contributed by atoms with Gasteiger partial charge in [-0.1, -0.05) is 18.2 Å². The maximum Gasteiger partial charge on any atom is 0.352 e. The summed E-state index contributed by atoms with van der Waals surface area (Å²) in [6, 6.07) is 7.39. The van der Waals surface area contributed by atoms with Crippen LogP contribution >= 0.6 is 11.3 Å². The molecular formula is C15H13NO4S. The number of aryl methyl sites for hydroxylation is 1. The van der Waals surface area contributed by atoms with Gasteiger partial charge in [-0.15, -0.1) is 11.3 Å². The molecule has 0 saturated heterocycles. The fourth-order valence-electron chi connectivity index (χ4n) is 2.38. The van der Waals surface area contributed by atoms with E-state index in [2.05, 4.69) is 0 Å². The Balaban J connectivity index is 2.47. The molecule has 0 radical (unpaired) electrons. The van der Waals surface area contributed by atoms with Crippen molar-refractivity contribution in [3.05, 3.63) is 39.5 Å². The molecule has 3 aromatic rings. The van der Waals surface area contributed by atoms with Gasteiger partial charge in [0, 0.05) is 12.4 Å². The fraction of sp³-hybridized carbons (Fsp3) is 0.200. The second-order valence-electron chi connectivity index (χ2n) is 4.59. The zero-order chi connectivity index (χ0) is 15.1. The first-order valence-corrected chi connectivity index (χ1v) is 7.28. The van der Waals surface area contributed by atoms with Crippen molar-refractivity contribution in [3.8, 4) is 5.75 Å². The van der Waals surface area contributed by atoms with Gasteiger partial charge in [0.15, 0.2) is 10.6 Å². The number of esters is 1. The van der Waals surface area contributed by atoms with Crippen LogP contribution in [0.15, 0.2) is 29.1 Å². The van der Waals surface area contributed by atoms with Crippen LogP contribution in [0.4, 0.5) is 0 Å². The van der Waals surface area contributed by atoms with E-state index in [1.165, 1.54) is 4.57 Å². The number of benzene rings is 1. The zero-order valence-corrected chi connectivity index (χ0v) is 12.4. The summed E-state index contributed by atoms with van der Waals surface area (Å²) in [6.07, 6.45) is 0. The molecule has 6 heteroatoms. The van der Waals surface area contributed by atoms with E-state index in [0.29, 0.717) is 4.70 Å². The predicted octanol–water partition coefficient (Wildman–Crippen LogP) is 2.64. The lowest BCUT2D eigenvalue weighted by atomic mass is 10.1. The topological polar surface area (TPSA) is 68.5 Å². The highest BCUT2D eigenvalue weighted by Crippen LogP contribution is 2.38. The van der Waals surface area contributed by atoms with E-state index >= 15 is 0 Å². The van der Waals surface area contributed by atoms with Crippen LogP contribution in [0.25, 0.3) is 21.0 Å². The summed E-state index contributed by atoms with van der Waals surface area (Å²) in [7, 11) is 1.64. The van der Waals surface area contributed by atoms with E-state index in [0.717, 1.165) is 22.2 Å². The molecule has 1 aromatic carbocycles. The monoisotopic (exact) mass is 303 g/mol. The Bertz CT molecular complexity index is 923. The molecule has 0 aliphatic rings. The van der Waals surface area contributed by atoms with Crippen LogP contribution in [0.1, 0.15) is 16.6 Å². The number of fused-ring (bicyclic) bond motifs is 3. The Kier molecular flexibility index (Phi) is 3.17. The van der Waals surface area contributed by atoms with Crippen molar-refractivity contribution in [3.63, 3.8) is 0 Å². The van der Waals surface area contributed by atoms with Gasteiger partial charge in [0.25, 0.3) is 5.56 Å². The lowest BCUT2D eigenvalue weighted by Crippen LogP contribution is -2.16. The number of thiophene rings is 1. The quantitative estimate of drug-likeness (QED) is 0.739. The molecule has 5 nitrogen and oxygen atoms in total. The van der Waals surface area contributed by atoms with Crippen LogP contribution in [0.2, 0.25) is 0 Å². The largest absolute Gasteiger partial charge is 0.505 e. The number of nitrogens with zero attached hydrogens (tertiary/aromatic N) is 1. The predicted molar refractivity (Wildman–Crippen MR) is 82.2 cm³/mol. The number of aromatic nitrogens is 1. The van der Waals surface area contributed by atoms with E-state index in [4.69, 9.17) is 4.74 Å². The van der Waals surface area contributed by atoms with Gasteiger partial charge in [-0.2, -0.15) is 0 Å². The summed E-state index contributed by atoms with van der Waals surface area (Å²) in [4.78, 5) is 24.4. The van der Waals surface area contributed by atoms with E-state index in [9.17, 15) is 14.7 Å². The molecule has 1 N–H and O–H groups in total. The molecule has 0 unspecified atom stereocenters. The minimum atomic E-state index is -0.609. The molecule has 0 spiro atoms. The third kappa shape index (κ3) is 1.91.